The molecule has 3 atom stereocenters. The lowest BCUT2D eigenvalue weighted by atomic mass is 10.0. The van der Waals surface area contributed by atoms with Gasteiger partial charge in [0.25, 0.3) is 0 Å². The van der Waals surface area contributed by atoms with Crippen LogP contribution >= 0.6 is 7.60 Å². The van der Waals surface area contributed by atoms with Crippen LogP contribution in [0.1, 0.15) is 36.2 Å². The molecule has 2 N–H and O–H groups in total. The SMILES string of the molecule is CCC(c1ccc2ccccc2c1)P(=O)(O)OC(C(=O)O)c1ccccc1. The van der Waals surface area contributed by atoms with E-state index in [0.29, 0.717) is 17.5 Å². The Kier molecular flexibility index (Phi) is 5.76. The highest BCUT2D eigenvalue weighted by Gasteiger charge is 2.38. The molecule has 3 aromatic rings. The third-order valence-corrected chi connectivity index (χ3v) is 6.49. The van der Waals surface area contributed by atoms with E-state index in [1.54, 1.807) is 43.3 Å². The molecule has 0 radical (unpaired) electrons. The Labute approximate surface area is 157 Å². The molecule has 3 rings (SSSR count). The van der Waals surface area contributed by atoms with Gasteiger partial charge in [0.05, 0.1) is 5.66 Å². The smallest absolute Gasteiger partial charge is 0.338 e. The van der Waals surface area contributed by atoms with E-state index in [1.807, 2.05) is 36.4 Å². The summed E-state index contributed by atoms with van der Waals surface area (Å²) < 4.78 is 18.4. The predicted molar refractivity (Wildman–Crippen MR) is 105 cm³/mol. The van der Waals surface area contributed by atoms with Crippen LogP contribution in [0.2, 0.25) is 0 Å². The summed E-state index contributed by atoms with van der Waals surface area (Å²) in [6.07, 6.45) is -1.16. The first-order valence-electron chi connectivity index (χ1n) is 8.69. The van der Waals surface area contributed by atoms with Gasteiger partial charge < -0.3 is 10.00 Å². The van der Waals surface area contributed by atoms with Crippen LogP contribution in [0, 0.1) is 0 Å². The molecule has 27 heavy (non-hydrogen) atoms. The first-order valence-corrected chi connectivity index (χ1v) is 10.3. The fourth-order valence-corrected chi connectivity index (χ4v) is 4.83. The minimum Gasteiger partial charge on any atom is -0.479 e. The molecule has 0 spiro atoms. The standard InChI is InChI=1S/C21H21O5P/c1-2-19(18-13-12-15-8-6-7-11-17(15)14-18)27(24,25)26-20(21(22)23)16-9-4-3-5-10-16/h3-14,19-20H,2H2,1H3,(H,22,23)(H,24,25). The van der Waals surface area contributed by atoms with Gasteiger partial charge in [0.1, 0.15) is 0 Å². The molecule has 3 unspecified atom stereocenters. The Bertz CT molecular complexity index is 986. The van der Waals surface area contributed by atoms with Crippen molar-refractivity contribution in [1.29, 1.82) is 0 Å². The first-order chi connectivity index (χ1) is 12.9. The van der Waals surface area contributed by atoms with Gasteiger partial charge in [0.2, 0.25) is 0 Å². The van der Waals surface area contributed by atoms with Gasteiger partial charge in [-0.3, -0.25) is 9.09 Å². The van der Waals surface area contributed by atoms with E-state index in [-0.39, 0.29) is 0 Å². The number of carboxylic acid groups (broad SMARTS) is 1. The second-order valence-electron chi connectivity index (χ2n) is 6.33. The zero-order valence-electron chi connectivity index (χ0n) is 14.9. The lowest BCUT2D eigenvalue weighted by molar-refractivity contribution is -0.145. The summed E-state index contributed by atoms with van der Waals surface area (Å²) in [6.45, 7) is 1.78. The molecular weight excluding hydrogens is 363 g/mol. The fraction of sp³-hybridized carbons (Fsp3) is 0.190. The maximum atomic E-state index is 13.0. The Balaban J connectivity index is 1.94. The Morgan fingerprint density at radius 1 is 0.963 bits per heavy atom. The summed E-state index contributed by atoms with van der Waals surface area (Å²) in [5, 5.41) is 11.5. The highest BCUT2D eigenvalue weighted by Crippen LogP contribution is 2.60. The summed E-state index contributed by atoms with van der Waals surface area (Å²) in [5.41, 5.74) is 0.166. The van der Waals surface area contributed by atoms with Crippen molar-refractivity contribution in [2.45, 2.75) is 25.1 Å². The second kappa shape index (κ2) is 8.05. The average molecular weight is 384 g/mol. The van der Waals surface area contributed by atoms with Gasteiger partial charge in [0, 0.05) is 0 Å². The zero-order chi connectivity index (χ0) is 19.4. The van der Waals surface area contributed by atoms with Gasteiger partial charge in [-0.05, 0) is 28.3 Å². The molecule has 0 aliphatic rings. The molecule has 0 bridgehead atoms. The lowest BCUT2D eigenvalue weighted by Crippen LogP contribution is -2.16. The maximum Gasteiger partial charge on any atom is 0.338 e. The van der Waals surface area contributed by atoms with Crippen LogP contribution in [-0.4, -0.2) is 16.0 Å². The molecule has 0 aliphatic heterocycles. The fourth-order valence-electron chi connectivity index (χ4n) is 3.17. The van der Waals surface area contributed by atoms with E-state index in [4.69, 9.17) is 4.52 Å². The van der Waals surface area contributed by atoms with Crippen molar-refractivity contribution >= 4 is 24.3 Å². The first kappa shape index (κ1) is 19.3. The van der Waals surface area contributed by atoms with E-state index in [9.17, 15) is 19.4 Å². The third-order valence-electron chi connectivity index (χ3n) is 4.52. The number of rotatable bonds is 7. The van der Waals surface area contributed by atoms with Gasteiger partial charge in [-0.15, -0.1) is 0 Å². The molecule has 0 fully saturated rings. The van der Waals surface area contributed by atoms with E-state index < -0.39 is 25.3 Å². The van der Waals surface area contributed by atoms with Crippen LogP contribution in [0.3, 0.4) is 0 Å². The Morgan fingerprint density at radius 2 is 1.59 bits per heavy atom. The normalized spacial score (nSPS) is 15.8. The van der Waals surface area contributed by atoms with Crippen LogP contribution in [0.4, 0.5) is 0 Å². The van der Waals surface area contributed by atoms with Crippen molar-refractivity contribution in [3.8, 4) is 0 Å². The van der Waals surface area contributed by atoms with Crippen molar-refractivity contribution in [3.05, 3.63) is 83.9 Å². The molecule has 0 saturated carbocycles. The molecule has 0 amide bonds. The quantitative estimate of drug-likeness (QED) is 0.539. The summed E-state index contributed by atoms with van der Waals surface area (Å²) >= 11 is 0. The minimum atomic E-state index is -4.26. The molecular formula is C21H21O5P. The van der Waals surface area contributed by atoms with E-state index in [2.05, 4.69) is 0 Å². The van der Waals surface area contributed by atoms with Crippen molar-refractivity contribution in [2.75, 3.05) is 0 Å². The number of aliphatic carboxylic acids is 1. The molecule has 0 heterocycles. The van der Waals surface area contributed by atoms with Crippen LogP contribution in [0.15, 0.2) is 72.8 Å². The lowest BCUT2D eigenvalue weighted by Gasteiger charge is -2.25. The van der Waals surface area contributed by atoms with E-state index >= 15 is 0 Å². The van der Waals surface area contributed by atoms with E-state index in [0.717, 1.165) is 10.8 Å². The third kappa shape index (κ3) is 4.28. The van der Waals surface area contributed by atoms with Crippen molar-refractivity contribution in [3.63, 3.8) is 0 Å². The number of benzene rings is 3. The number of carbonyl (C=O) groups is 1. The summed E-state index contributed by atoms with van der Waals surface area (Å²) in [6, 6.07) is 21.5. The molecule has 5 nitrogen and oxygen atoms in total. The molecule has 0 aromatic heterocycles. The zero-order valence-corrected chi connectivity index (χ0v) is 15.8. The van der Waals surface area contributed by atoms with Crippen LogP contribution < -0.4 is 0 Å². The van der Waals surface area contributed by atoms with Crippen LogP contribution in [0.25, 0.3) is 10.8 Å². The minimum absolute atomic E-state index is 0.327. The van der Waals surface area contributed by atoms with Gasteiger partial charge in [-0.2, -0.15) is 0 Å². The highest BCUT2D eigenvalue weighted by molar-refractivity contribution is 7.53. The van der Waals surface area contributed by atoms with Gasteiger partial charge in [0.15, 0.2) is 6.10 Å². The molecule has 0 aliphatic carbocycles. The monoisotopic (exact) mass is 384 g/mol. The average Bonchev–Trinajstić information content (AvgIpc) is 2.67. The molecule has 140 valence electrons. The number of carboxylic acids is 1. The van der Waals surface area contributed by atoms with Crippen molar-refractivity contribution < 1.29 is 23.9 Å². The van der Waals surface area contributed by atoms with Crippen LogP contribution in [-0.2, 0) is 13.9 Å². The molecule has 3 aromatic carbocycles. The van der Waals surface area contributed by atoms with Gasteiger partial charge >= 0.3 is 13.6 Å². The number of hydrogen-bond acceptors (Lipinski definition) is 3. The number of hydrogen-bond donors (Lipinski definition) is 2. The maximum absolute atomic E-state index is 13.0. The summed E-state index contributed by atoms with van der Waals surface area (Å²) in [4.78, 5) is 22.3. The second-order valence-corrected chi connectivity index (χ2v) is 8.29. The van der Waals surface area contributed by atoms with Crippen molar-refractivity contribution in [1.82, 2.24) is 0 Å². The van der Waals surface area contributed by atoms with Gasteiger partial charge in [-0.25, -0.2) is 4.79 Å². The molecule has 0 saturated heterocycles. The Hall–Kier alpha value is -2.46. The van der Waals surface area contributed by atoms with Gasteiger partial charge in [-0.1, -0.05) is 79.7 Å². The summed E-state index contributed by atoms with van der Waals surface area (Å²) in [5.74, 6) is -1.30. The Morgan fingerprint density at radius 3 is 2.22 bits per heavy atom. The predicted octanol–water partition coefficient (Wildman–Crippen LogP) is 5.32. The summed E-state index contributed by atoms with van der Waals surface area (Å²) in [7, 11) is -4.26. The number of fused-ring (bicyclic) bond motifs is 1. The molecule has 6 heteroatoms. The topological polar surface area (TPSA) is 83.8 Å². The van der Waals surface area contributed by atoms with Crippen molar-refractivity contribution in [2.24, 2.45) is 0 Å². The highest BCUT2D eigenvalue weighted by atomic mass is 31.2. The largest absolute Gasteiger partial charge is 0.479 e. The van der Waals surface area contributed by atoms with E-state index in [1.165, 1.54) is 0 Å². The van der Waals surface area contributed by atoms with Crippen LogP contribution in [0.5, 0.6) is 0 Å².